The van der Waals surface area contributed by atoms with Crippen molar-refractivity contribution in [3.63, 3.8) is 0 Å². The molecule has 1 heterocycles. The van der Waals surface area contributed by atoms with Gasteiger partial charge in [0.15, 0.2) is 5.96 Å². The van der Waals surface area contributed by atoms with Crippen molar-refractivity contribution in [2.24, 2.45) is 16.8 Å². The maximum Gasteiger partial charge on any atom is 0.213 e. The highest BCUT2D eigenvalue weighted by atomic mass is 127. The van der Waals surface area contributed by atoms with Gasteiger partial charge in [-0.25, -0.2) is 9.98 Å². The molecule has 0 saturated heterocycles. The normalized spacial score (nSPS) is 15.8. The number of aromatic nitrogens is 1. The summed E-state index contributed by atoms with van der Waals surface area (Å²) in [5.74, 6) is 2.58. The summed E-state index contributed by atoms with van der Waals surface area (Å²) in [6.45, 7) is 8.94. The largest absolute Gasteiger partial charge is 0.474 e. The standard InChI is InChI=1S/C22H38N4O2.HI/c1-4-23-22(26-16-19(10-12-27)13-17(2)3)25-15-18-9-11-24-21(14-18)28-20-7-5-6-8-20;/h9,11,14,17,19-20,27H,4-8,10,12-13,15-16H2,1-3H3,(H2,23,25,26);1H. The van der Waals surface area contributed by atoms with Gasteiger partial charge in [0.2, 0.25) is 5.88 Å². The van der Waals surface area contributed by atoms with Crippen molar-refractivity contribution in [1.29, 1.82) is 0 Å². The van der Waals surface area contributed by atoms with Gasteiger partial charge in [0.1, 0.15) is 6.10 Å². The molecule has 0 amide bonds. The number of halogens is 1. The molecule has 29 heavy (non-hydrogen) atoms. The molecule has 0 aliphatic heterocycles. The first kappa shape index (κ1) is 25.9. The summed E-state index contributed by atoms with van der Waals surface area (Å²) in [5, 5.41) is 16.0. The molecule has 1 aliphatic rings. The number of ether oxygens (including phenoxy) is 1. The second-order valence-electron chi connectivity index (χ2n) is 8.11. The fraction of sp³-hybridized carbons (Fsp3) is 0.727. The molecule has 1 saturated carbocycles. The molecule has 0 aromatic carbocycles. The number of hydrogen-bond donors (Lipinski definition) is 3. The van der Waals surface area contributed by atoms with E-state index in [2.05, 4.69) is 36.4 Å². The third-order valence-corrected chi connectivity index (χ3v) is 5.05. The number of rotatable bonds is 11. The van der Waals surface area contributed by atoms with Gasteiger partial charge in [0, 0.05) is 32.0 Å². The summed E-state index contributed by atoms with van der Waals surface area (Å²) in [6, 6.07) is 3.99. The van der Waals surface area contributed by atoms with Crippen molar-refractivity contribution in [3.05, 3.63) is 23.9 Å². The number of nitrogens with one attached hydrogen (secondary N) is 2. The van der Waals surface area contributed by atoms with E-state index in [4.69, 9.17) is 9.73 Å². The van der Waals surface area contributed by atoms with Crippen molar-refractivity contribution in [1.82, 2.24) is 15.6 Å². The summed E-state index contributed by atoms with van der Waals surface area (Å²) in [5.41, 5.74) is 1.09. The highest BCUT2D eigenvalue weighted by Gasteiger charge is 2.17. The lowest BCUT2D eigenvalue weighted by Gasteiger charge is -2.20. The summed E-state index contributed by atoms with van der Waals surface area (Å²) in [4.78, 5) is 9.06. The molecule has 6 nitrogen and oxygen atoms in total. The Balaban J connectivity index is 0.00000420. The fourth-order valence-electron chi connectivity index (χ4n) is 3.70. The first-order valence-electron chi connectivity index (χ1n) is 10.8. The molecule has 0 radical (unpaired) electrons. The van der Waals surface area contributed by atoms with Gasteiger partial charge in [-0.3, -0.25) is 0 Å². The quantitative estimate of drug-likeness (QED) is 0.233. The number of aliphatic hydroxyl groups is 1. The van der Waals surface area contributed by atoms with Gasteiger partial charge in [0.25, 0.3) is 0 Å². The van der Waals surface area contributed by atoms with Crippen molar-refractivity contribution >= 4 is 29.9 Å². The number of guanidine groups is 1. The van der Waals surface area contributed by atoms with E-state index in [0.29, 0.717) is 30.4 Å². The lowest BCUT2D eigenvalue weighted by atomic mass is 9.94. The first-order valence-corrected chi connectivity index (χ1v) is 10.8. The predicted octanol–water partition coefficient (Wildman–Crippen LogP) is 4.12. The Kier molecular flexibility index (Phi) is 13.3. The Morgan fingerprint density at radius 2 is 2.07 bits per heavy atom. The predicted molar refractivity (Wildman–Crippen MR) is 130 cm³/mol. The van der Waals surface area contributed by atoms with E-state index < -0.39 is 0 Å². The Morgan fingerprint density at radius 3 is 2.72 bits per heavy atom. The van der Waals surface area contributed by atoms with E-state index in [1.54, 1.807) is 6.20 Å². The van der Waals surface area contributed by atoms with Crippen LogP contribution in [-0.2, 0) is 6.54 Å². The number of aliphatic hydroxyl groups excluding tert-OH is 1. The Bertz CT molecular complexity index is 592. The van der Waals surface area contributed by atoms with Crippen LogP contribution in [0.2, 0.25) is 0 Å². The minimum atomic E-state index is 0. The SMILES string of the molecule is CCNC(=NCc1ccnc(OC2CCCC2)c1)NCC(CCO)CC(C)C.I. The molecule has 1 aliphatic carbocycles. The van der Waals surface area contributed by atoms with E-state index in [0.717, 1.165) is 50.3 Å². The molecular formula is C22H39IN4O2. The summed E-state index contributed by atoms with van der Waals surface area (Å²) < 4.78 is 6.00. The first-order chi connectivity index (χ1) is 13.6. The van der Waals surface area contributed by atoms with E-state index >= 15 is 0 Å². The molecular weight excluding hydrogens is 479 g/mol. The second-order valence-corrected chi connectivity index (χ2v) is 8.11. The van der Waals surface area contributed by atoms with Gasteiger partial charge in [-0.15, -0.1) is 24.0 Å². The van der Waals surface area contributed by atoms with Crippen LogP contribution in [0.25, 0.3) is 0 Å². The highest BCUT2D eigenvalue weighted by molar-refractivity contribution is 14.0. The van der Waals surface area contributed by atoms with E-state index in [9.17, 15) is 5.11 Å². The number of pyridine rings is 1. The van der Waals surface area contributed by atoms with Crippen LogP contribution in [0.4, 0.5) is 0 Å². The van der Waals surface area contributed by atoms with E-state index in [1.807, 2.05) is 12.1 Å². The maximum atomic E-state index is 9.31. The Labute approximate surface area is 193 Å². The van der Waals surface area contributed by atoms with Crippen LogP contribution in [-0.4, -0.2) is 41.9 Å². The average Bonchev–Trinajstić information content (AvgIpc) is 3.17. The monoisotopic (exact) mass is 518 g/mol. The highest BCUT2D eigenvalue weighted by Crippen LogP contribution is 2.23. The minimum Gasteiger partial charge on any atom is -0.474 e. The zero-order valence-electron chi connectivity index (χ0n) is 18.2. The molecule has 3 N–H and O–H groups in total. The van der Waals surface area contributed by atoms with Gasteiger partial charge < -0.3 is 20.5 Å². The second kappa shape index (κ2) is 14.8. The molecule has 1 unspecified atom stereocenters. The molecule has 1 atom stereocenters. The van der Waals surface area contributed by atoms with Gasteiger partial charge >= 0.3 is 0 Å². The lowest BCUT2D eigenvalue weighted by Crippen LogP contribution is -2.40. The molecule has 2 rings (SSSR count). The van der Waals surface area contributed by atoms with Crippen molar-refractivity contribution in [2.75, 3.05) is 19.7 Å². The third kappa shape index (κ3) is 10.5. The van der Waals surface area contributed by atoms with Crippen LogP contribution in [0, 0.1) is 11.8 Å². The van der Waals surface area contributed by atoms with E-state index in [1.165, 1.54) is 12.8 Å². The van der Waals surface area contributed by atoms with Crippen LogP contribution in [0.15, 0.2) is 23.3 Å². The Morgan fingerprint density at radius 1 is 1.31 bits per heavy atom. The summed E-state index contributed by atoms with van der Waals surface area (Å²) >= 11 is 0. The lowest BCUT2D eigenvalue weighted by molar-refractivity contribution is 0.201. The third-order valence-electron chi connectivity index (χ3n) is 5.05. The molecule has 0 spiro atoms. The topological polar surface area (TPSA) is 78.8 Å². The van der Waals surface area contributed by atoms with Crippen LogP contribution < -0.4 is 15.4 Å². The van der Waals surface area contributed by atoms with Gasteiger partial charge in [-0.1, -0.05) is 13.8 Å². The molecule has 1 aromatic rings. The zero-order chi connectivity index (χ0) is 20.2. The maximum absolute atomic E-state index is 9.31. The van der Waals surface area contributed by atoms with Crippen molar-refractivity contribution in [2.45, 2.75) is 71.9 Å². The van der Waals surface area contributed by atoms with Crippen LogP contribution >= 0.6 is 24.0 Å². The molecule has 0 bridgehead atoms. The van der Waals surface area contributed by atoms with Gasteiger partial charge in [-0.05, 0) is 68.9 Å². The summed E-state index contributed by atoms with van der Waals surface area (Å²) in [7, 11) is 0. The summed E-state index contributed by atoms with van der Waals surface area (Å²) in [6.07, 6.45) is 8.79. The van der Waals surface area contributed by atoms with Gasteiger partial charge in [0.05, 0.1) is 6.54 Å². The molecule has 166 valence electrons. The van der Waals surface area contributed by atoms with Crippen molar-refractivity contribution in [3.8, 4) is 5.88 Å². The number of hydrogen-bond acceptors (Lipinski definition) is 4. The van der Waals surface area contributed by atoms with Crippen LogP contribution in [0.1, 0.15) is 64.9 Å². The van der Waals surface area contributed by atoms with Gasteiger partial charge in [-0.2, -0.15) is 0 Å². The number of aliphatic imine (C=N–C) groups is 1. The van der Waals surface area contributed by atoms with E-state index in [-0.39, 0.29) is 30.6 Å². The van der Waals surface area contributed by atoms with Crippen LogP contribution in [0.3, 0.4) is 0 Å². The van der Waals surface area contributed by atoms with Crippen LogP contribution in [0.5, 0.6) is 5.88 Å². The zero-order valence-corrected chi connectivity index (χ0v) is 20.5. The fourth-order valence-corrected chi connectivity index (χ4v) is 3.70. The molecule has 1 fully saturated rings. The van der Waals surface area contributed by atoms with Crippen molar-refractivity contribution < 1.29 is 9.84 Å². The minimum absolute atomic E-state index is 0. The molecule has 1 aromatic heterocycles. The smallest absolute Gasteiger partial charge is 0.213 e. The average molecular weight is 518 g/mol. The number of nitrogens with zero attached hydrogens (tertiary/aromatic N) is 2. The molecule has 7 heteroatoms. The Hall–Kier alpha value is -1.09.